The van der Waals surface area contributed by atoms with E-state index in [9.17, 15) is 33.5 Å². The number of hydrogen-bond acceptors (Lipinski definition) is 19. The number of nitrogens with zero attached hydrogens (tertiary/aromatic N) is 8. The Bertz CT molecular complexity index is 4560. The molecule has 25 heteroatoms. The molecule has 6 atom stereocenters. The normalized spacial score (nSPS) is 26.1. The first-order chi connectivity index (χ1) is 44.4. The summed E-state index contributed by atoms with van der Waals surface area (Å²) in [4.78, 5) is 94.8. The molecule has 7 aliphatic heterocycles. The first kappa shape index (κ1) is 57.6. The molecule has 2 amide bonds. The molecular weight excluding hydrogens is 1190 g/mol. The van der Waals surface area contributed by atoms with Gasteiger partial charge in [0.15, 0.2) is 17.3 Å². The average molecular weight is 1260 g/mol. The predicted octanol–water partition coefficient (Wildman–Crippen LogP) is 6.98. The zero-order valence-corrected chi connectivity index (χ0v) is 50.0. The number of terminal acetylenes is 1. The second kappa shape index (κ2) is 21.0. The van der Waals surface area contributed by atoms with Gasteiger partial charge in [0.05, 0.1) is 57.6 Å². The van der Waals surface area contributed by atoms with Gasteiger partial charge in [-0.05, 0) is 111 Å². The number of nitrogens with two attached hydrogens (primary N) is 1. The molecular formula is C67H61F3N10O12. The molecule has 3 saturated carbocycles. The van der Waals surface area contributed by atoms with Crippen LogP contribution in [0.15, 0.2) is 65.6 Å². The quantitative estimate of drug-likeness (QED) is 0.0455. The fourth-order valence-electron chi connectivity index (χ4n) is 16.7. The zero-order valence-electron chi connectivity index (χ0n) is 50.0. The van der Waals surface area contributed by atoms with Crippen molar-refractivity contribution in [3.63, 3.8) is 0 Å². The molecule has 472 valence electrons. The molecule has 6 unspecified atom stereocenters. The molecule has 7 aromatic rings. The average Bonchev–Trinajstić information content (AvgIpc) is 1.50. The smallest absolute Gasteiger partial charge is 0.407 e. The number of pyridine rings is 3. The van der Waals surface area contributed by atoms with Gasteiger partial charge in [-0.25, -0.2) is 27.7 Å². The molecule has 4 saturated heterocycles. The van der Waals surface area contributed by atoms with Crippen molar-refractivity contribution in [2.75, 3.05) is 57.6 Å². The summed E-state index contributed by atoms with van der Waals surface area (Å²) in [7, 11) is 0. The minimum absolute atomic E-state index is 0.0249. The maximum Gasteiger partial charge on any atom is 0.407 e. The minimum Gasteiger partial charge on any atom is -0.508 e. The molecule has 3 aromatic carbocycles. The number of amides is 2. The summed E-state index contributed by atoms with van der Waals surface area (Å²) < 4.78 is 84.0. The third-order valence-electron chi connectivity index (χ3n) is 20.9. The van der Waals surface area contributed by atoms with Gasteiger partial charge in [0.25, 0.3) is 11.5 Å². The van der Waals surface area contributed by atoms with Crippen LogP contribution in [0.5, 0.6) is 23.3 Å². The number of anilines is 1. The predicted molar refractivity (Wildman–Crippen MR) is 324 cm³/mol. The van der Waals surface area contributed by atoms with Gasteiger partial charge in [0, 0.05) is 77.4 Å². The standard InChI is InChI=1S/C67H61F3N10O12/c1-4-39-46(69)10-7-33-13-38(81)14-41(53(33)39)57-55(70)58-42(22-72-57)59(76-63(75-58)89-30-66-11-6-12-78(66)24-35(68)20-66)77-25-36-8-9-37(26-77)80(36)60(83)32(3)28-88-64(86)73-23-52(82)92-67(5-2)45-16-49-56-43(27-79(49)61(84)44(45)29-87-62(67)85)54(65-18-34(19-65)47(71)21-65)40-15-50-51(91-31-90-50)17-48(40)74-56/h1,7,10,13-17,22,34-37,47,81H,3,5-6,8-9,11-12,18-21,23-31,71H2,2H3,(H,73,86). The number of aromatic nitrogens is 5. The Balaban J connectivity index is 0.611. The van der Waals surface area contributed by atoms with E-state index in [1.54, 1.807) is 22.5 Å². The van der Waals surface area contributed by atoms with E-state index in [2.05, 4.69) is 32.7 Å². The van der Waals surface area contributed by atoms with Crippen LogP contribution in [0.2, 0.25) is 0 Å². The summed E-state index contributed by atoms with van der Waals surface area (Å²) >= 11 is 0. The van der Waals surface area contributed by atoms with Crippen LogP contribution in [0.4, 0.5) is 23.8 Å². The van der Waals surface area contributed by atoms with Crippen LogP contribution in [-0.4, -0.2) is 146 Å². The number of cyclic esters (lactones) is 1. The Morgan fingerprint density at radius 1 is 0.957 bits per heavy atom. The maximum atomic E-state index is 17.4. The number of carbonyl (C=O) groups excluding carboxylic acids is 4. The van der Waals surface area contributed by atoms with Gasteiger partial charge < -0.3 is 58.9 Å². The highest BCUT2D eigenvalue weighted by molar-refractivity contribution is 6.03. The van der Waals surface area contributed by atoms with E-state index in [0.717, 1.165) is 48.3 Å². The van der Waals surface area contributed by atoms with Gasteiger partial charge in [-0.2, -0.15) is 9.97 Å². The van der Waals surface area contributed by atoms with Crippen molar-refractivity contribution in [3.8, 4) is 58.2 Å². The molecule has 22 nitrogen and oxygen atoms in total. The van der Waals surface area contributed by atoms with E-state index in [1.807, 2.05) is 17.0 Å². The highest BCUT2D eigenvalue weighted by atomic mass is 19.1. The number of rotatable bonds is 13. The van der Waals surface area contributed by atoms with Crippen molar-refractivity contribution in [2.45, 2.75) is 119 Å². The van der Waals surface area contributed by atoms with Crippen LogP contribution < -0.4 is 35.7 Å². The molecule has 17 rings (SSSR count). The maximum absolute atomic E-state index is 17.4. The topological polar surface area (TPSA) is 265 Å². The molecule has 7 fully saturated rings. The van der Waals surface area contributed by atoms with Gasteiger partial charge in [-0.1, -0.05) is 25.5 Å². The second-order valence-corrected chi connectivity index (χ2v) is 26.0. The highest BCUT2D eigenvalue weighted by Crippen LogP contribution is 2.62. The zero-order chi connectivity index (χ0) is 63.4. The second-order valence-electron chi connectivity index (χ2n) is 26.0. The van der Waals surface area contributed by atoms with Crippen LogP contribution in [0.25, 0.3) is 55.2 Å². The fourth-order valence-corrected chi connectivity index (χ4v) is 16.7. The van der Waals surface area contributed by atoms with Crippen molar-refractivity contribution in [1.29, 1.82) is 0 Å². The third kappa shape index (κ3) is 8.71. The summed E-state index contributed by atoms with van der Waals surface area (Å²) in [5.74, 6) is -0.174. The summed E-state index contributed by atoms with van der Waals surface area (Å²) in [6.07, 6.45) is 10.4. The fraction of sp³-hybridized carbons (Fsp3) is 0.418. The largest absolute Gasteiger partial charge is 0.508 e. The first-order valence-corrected chi connectivity index (χ1v) is 31.0. The number of hydrogen-bond donors (Lipinski definition) is 3. The lowest BCUT2D eigenvalue weighted by molar-refractivity contribution is -0.188. The molecule has 92 heavy (non-hydrogen) atoms. The molecule has 4 aromatic heterocycles. The lowest BCUT2D eigenvalue weighted by Crippen LogP contribution is -2.56. The van der Waals surface area contributed by atoms with Gasteiger partial charge in [0.1, 0.15) is 61.1 Å². The Morgan fingerprint density at radius 3 is 2.51 bits per heavy atom. The number of phenols is 1. The van der Waals surface area contributed by atoms with E-state index >= 15 is 8.78 Å². The number of halogens is 3. The van der Waals surface area contributed by atoms with Crippen molar-refractivity contribution in [3.05, 3.63) is 111 Å². The summed E-state index contributed by atoms with van der Waals surface area (Å²) in [6, 6.07) is 9.71. The van der Waals surface area contributed by atoms with Gasteiger partial charge in [-0.3, -0.25) is 24.3 Å². The number of piperazine rings is 1. The number of nitrogens with one attached hydrogen (secondary N) is 1. The Morgan fingerprint density at radius 2 is 1.75 bits per heavy atom. The van der Waals surface area contributed by atoms with E-state index in [-0.39, 0.29) is 138 Å². The number of alkyl carbamates (subject to hydrolysis) is 1. The van der Waals surface area contributed by atoms with Gasteiger partial charge in [-0.15, -0.1) is 6.42 Å². The molecule has 3 aliphatic carbocycles. The lowest BCUT2D eigenvalue weighted by atomic mass is 9.63. The summed E-state index contributed by atoms with van der Waals surface area (Å²) in [5, 5.41) is 14.7. The Kier molecular flexibility index (Phi) is 13.2. The minimum atomic E-state index is -2.08. The Hall–Kier alpha value is -9.54. The van der Waals surface area contributed by atoms with E-state index in [1.165, 1.54) is 24.4 Å². The number of benzene rings is 3. The Labute approximate surface area is 522 Å². The van der Waals surface area contributed by atoms with Crippen molar-refractivity contribution >= 4 is 62.3 Å². The number of phenolic OH excluding ortho intramolecular Hbond substituents is 1. The molecule has 4 N–H and O–H groups in total. The van der Waals surface area contributed by atoms with Crippen molar-refractivity contribution in [2.24, 2.45) is 11.7 Å². The molecule has 4 bridgehead atoms. The van der Waals surface area contributed by atoms with Crippen LogP contribution in [-0.2, 0) is 52.8 Å². The molecule has 10 aliphatic rings. The molecule has 0 radical (unpaired) electrons. The van der Waals surface area contributed by atoms with E-state index in [0.29, 0.717) is 65.5 Å². The van der Waals surface area contributed by atoms with Crippen LogP contribution in [0.1, 0.15) is 92.5 Å². The lowest BCUT2D eigenvalue weighted by Gasteiger charge is -2.42. The number of carbonyl (C=O) groups is 4. The first-order valence-electron chi connectivity index (χ1n) is 31.0. The van der Waals surface area contributed by atoms with Crippen molar-refractivity contribution in [1.82, 2.24) is 39.6 Å². The summed E-state index contributed by atoms with van der Waals surface area (Å²) in [5.41, 5.74) is 6.50. The number of alkyl halides is 1. The third-order valence-corrected chi connectivity index (χ3v) is 20.9. The monoisotopic (exact) mass is 1250 g/mol. The van der Waals surface area contributed by atoms with Crippen LogP contribution in [0, 0.1) is 29.9 Å². The molecule has 11 heterocycles. The van der Waals surface area contributed by atoms with Crippen LogP contribution in [0.3, 0.4) is 0 Å². The number of aromatic hydroxyl groups is 1. The van der Waals surface area contributed by atoms with E-state index < -0.39 is 83.7 Å². The number of fused-ring (bicyclic) bond motifs is 12. The number of esters is 2. The van der Waals surface area contributed by atoms with Gasteiger partial charge >= 0.3 is 24.0 Å². The summed E-state index contributed by atoms with van der Waals surface area (Å²) in [6.45, 7) is 5.59. The van der Waals surface area contributed by atoms with E-state index in [4.69, 9.17) is 50.5 Å². The highest BCUT2D eigenvalue weighted by Gasteiger charge is 2.58. The van der Waals surface area contributed by atoms with Crippen molar-refractivity contribution < 1.29 is 65.9 Å². The van der Waals surface area contributed by atoms with Gasteiger partial charge in [0.2, 0.25) is 12.4 Å². The molecule has 0 spiro atoms. The SMILES string of the molecule is C#Cc1c(F)ccc2cc(O)cc(-c3ncc4c(N5CC6CCC(C5)N6C(=O)C(=C)COC(=O)NCC(=O)OC5(CC)C(=O)OCc6c5cc5n(c6=O)Cc6c-5nc5cc7c(cc5c6C56CC(N)C(C5)C6)OCO7)nc(OCC56CCCN5CC(F)C6)nc4c3F)c12. The van der Waals surface area contributed by atoms with Crippen LogP contribution >= 0.6 is 0 Å². The number of ether oxygens (including phenoxy) is 6.